The van der Waals surface area contributed by atoms with Crippen LogP contribution in [0.1, 0.15) is 4.11 Å². The fourth-order valence-corrected chi connectivity index (χ4v) is 0.868. The average molecular weight is 165 g/mol. The van der Waals surface area contributed by atoms with Gasteiger partial charge in [-0.15, -0.1) is 0 Å². The van der Waals surface area contributed by atoms with Gasteiger partial charge >= 0.3 is 0 Å². The Morgan fingerprint density at radius 2 is 1.67 bits per heavy atom. The number of rotatable bonds is 0. The van der Waals surface area contributed by atoms with Crippen LogP contribution in [0.2, 0.25) is 10.0 Å². The minimum atomic E-state index is -0.220. The molecule has 0 saturated heterocycles. The van der Waals surface area contributed by atoms with Crippen LogP contribution in [0.25, 0.3) is 0 Å². The van der Waals surface area contributed by atoms with Crippen molar-refractivity contribution in [3.63, 3.8) is 0 Å². The Balaban J connectivity index is 3.60. The molecule has 1 aromatic rings. The van der Waals surface area contributed by atoms with E-state index in [0.717, 1.165) is 0 Å². The maximum Gasteiger partial charge on any atom is 0.0660 e. The van der Waals surface area contributed by atoms with Gasteiger partial charge in [0, 0.05) is 15.7 Å². The highest BCUT2D eigenvalue weighted by atomic mass is 35.5. The van der Waals surface area contributed by atoms with Gasteiger partial charge in [-0.2, -0.15) is 0 Å². The molecule has 1 aromatic carbocycles. The summed E-state index contributed by atoms with van der Waals surface area (Å²) in [7, 11) is 0. The molecule has 0 unspecified atom stereocenters. The maximum absolute atomic E-state index is 7.27. The van der Waals surface area contributed by atoms with Crippen LogP contribution in [-0.2, 0) is 0 Å². The van der Waals surface area contributed by atoms with E-state index in [9.17, 15) is 0 Å². The van der Waals surface area contributed by atoms with Crippen molar-refractivity contribution >= 4 is 28.9 Å². The largest absolute Gasteiger partial charge is 0.399 e. The van der Waals surface area contributed by atoms with Crippen LogP contribution < -0.4 is 5.73 Å². The van der Waals surface area contributed by atoms with Gasteiger partial charge in [-0.05, 0) is 18.1 Å². The highest BCUT2D eigenvalue weighted by molar-refractivity contribution is 6.35. The molecule has 0 saturated carbocycles. The molecule has 3 heteroatoms. The van der Waals surface area contributed by atoms with Gasteiger partial charge in [-0.25, -0.2) is 0 Å². The van der Waals surface area contributed by atoms with Crippen molar-refractivity contribution in [2.24, 2.45) is 0 Å². The molecule has 0 aromatic heterocycles. The molecule has 0 atom stereocenters. The van der Waals surface area contributed by atoms with E-state index in [1.807, 2.05) is 0 Å². The Hall–Kier alpha value is -0.400. The van der Waals surface area contributed by atoms with Crippen molar-refractivity contribution in [1.29, 1.82) is 0 Å². The predicted octanol–water partition coefficient (Wildman–Crippen LogP) is 2.58. The minimum Gasteiger partial charge on any atom is -0.399 e. The summed E-state index contributed by atoms with van der Waals surface area (Å²) >= 11 is 11.1. The van der Waals surface area contributed by atoms with E-state index in [1.54, 1.807) is 0 Å². The van der Waals surface area contributed by atoms with Gasteiger partial charge in [0.25, 0.3) is 0 Å². The molecule has 0 heterocycles. The molecule has 0 radical (unpaired) electrons. The zero-order valence-corrected chi connectivity index (χ0v) is 5.85. The fraction of sp³-hybridized carbons (Fsp3) is 0. The summed E-state index contributed by atoms with van der Waals surface area (Å²) in [6.45, 7) is 0. The van der Waals surface area contributed by atoms with Crippen molar-refractivity contribution in [2.75, 3.05) is 5.73 Å². The van der Waals surface area contributed by atoms with Crippen LogP contribution in [0, 0.1) is 0 Å². The highest BCUT2D eigenvalue weighted by Crippen LogP contribution is 2.19. The van der Waals surface area contributed by atoms with Crippen LogP contribution in [0.5, 0.6) is 0 Å². The SMILES string of the molecule is [2H]c1c(N)c([2H])c(Cl)c([2H])c1Cl. The molecule has 0 bridgehead atoms. The summed E-state index contributed by atoms with van der Waals surface area (Å²) in [5.41, 5.74) is 5.23. The van der Waals surface area contributed by atoms with Crippen LogP contribution in [-0.4, -0.2) is 0 Å². The predicted molar refractivity (Wildman–Crippen MR) is 40.9 cm³/mol. The van der Waals surface area contributed by atoms with Crippen LogP contribution in [0.15, 0.2) is 18.1 Å². The van der Waals surface area contributed by atoms with Gasteiger partial charge in [-0.1, -0.05) is 23.2 Å². The molecule has 0 spiro atoms. The standard InChI is InChI=1S/C6H5Cl2N/c7-4-1-5(8)3-6(9)2-4/h1-3H,9H2/i1D,2D,3D. The lowest BCUT2D eigenvalue weighted by Gasteiger charge is -1.93. The lowest BCUT2D eigenvalue weighted by molar-refractivity contribution is 1.68. The van der Waals surface area contributed by atoms with E-state index in [2.05, 4.69) is 0 Å². The Bertz CT molecular complexity index is 235. The summed E-state index contributed by atoms with van der Waals surface area (Å²) in [6, 6.07) is -0.644. The van der Waals surface area contributed by atoms with Crippen molar-refractivity contribution in [3.05, 3.63) is 28.2 Å². The topological polar surface area (TPSA) is 26.0 Å². The molecular formula is C6H5Cl2N. The second kappa shape index (κ2) is 2.46. The van der Waals surface area contributed by atoms with Gasteiger partial charge < -0.3 is 5.73 Å². The van der Waals surface area contributed by atoms with Crippen molar-refractivity contribution in [2.45, 2.75) is 0 Å². The molecule has 1 rings (SSSR count). The highest BCUT2D eigenvalue weighted by Gasteiger charge is 1.91. The van der Waals surface area contributed by atoms with E-state index in [4.69, 9.17) is 33.0 Å². The van der Waals surface area contributed by atoms with Crippen LogP contribution >= 0.6 is 23.2 Å². The summed E-state index contributed by atoms with van der Waals surface area (Å²) in [6.07, 6.45) is 0. The Morgan fingerprint density at radius 1 is 1.22 bits per heavy atom. The molecule has 0 aliphatic carbocycles. The van der Waals surface area contributed by atoms with Gasteiger partial charge in [-0.3, -0.25) is 0 Å². The number of benzene rings is 1. The zero-order valence-electron chi connectivity index (χ0n) is 7.33. The molecule has 0 fully saturated rings. The van der Waals surface area contributed by atoms with E-state index in [-0.39, 0.29) is 33.9 Å². The van der Waals surface area contributed by atoms with Gasteiger partial charge in [0.1, 0.15) is 0 Å². The van der Waals surface area contributed by atoms with E-state index in [0.29, 0.717) is 0 Å². The lowest BCUT2D eigenvalue weighted by Crippen LogP contribution is -1.82. The number of halogens is 2. The monoisotopic (exact) mass is 164 g/mol. The number of nitrogens with two attached hydrogens (primary N) is 1. The number of anilines is 1. The smallest absolute Gasteiger partial charge is 0.0660 e. The quantitative estimate of drug-likeness (QED) is 0.587. The van der Waals surface area contributed by atoms with Crippen LogP contribution in [0.3, 0.4) is 0 Å². The summed E-state index contributed by atoms with van der Waals surface area (Å²) < 4.78 is 21.8. The molecular weight excluding hydrogens is 157 g/mol. The second-order valence-corrected chi connectivity index (χ2v) is 2.17. The molecule has 0 amide bonds. The van der Waals surface area contributed by atoms with Crippen LogP contribution in [0.4, 0.5) is 5.69 Å². The molecule has 9 heavy (non-hydrogen) atoms. The van der Waals surface area contributed by atoms with Gasteiger partial charge in [0.2, 0.25) is 0 Å². The molecule has 48 valence electrons. The maximum atomic E-state index is 7.27. The summed E-state index contributed by atoms with van der Waals surface area (Å²) in [4.78, 5) is 0. The second-order valence-electron chi connectivity index (χ2n) is 1.42. The first-order valence-corrected chi connectivity index (χ1v) is 2.92. The molecule has 0 aliphatic rings. The van der Waals surface area contributed by atoms with E-state index < -0.39 is 0 Å². The molecule has 2 N–H and O–H groups in total. The summed E-state index contributed by atoms with van der Waals surface area (Å²) in [5, 5.41) is -0.234. The average Bonchev–Trinajstić information content (AvgIpc) is 2.08. The molecule has 0 aliphatic heterocycles. The summed E-state index contributed by atoms with van der Waals surface area (Å²) in [5.74, 6) is 0. The third-order valence-electron chi connectivity index (χ3n) is 0.708. The zero-order chi connectivity index (χ0) is 9.46. The third kappa shape index (κ3) is 1.77. The third-order valence-corrected chi connectivity index (χ3v) is 1.09. The van der Waals surface area contributed by atoms with E-state index >= 15 is 0 Å². The van der Waals surface area contributed by atoms with Crippen molar-refractivity contribution in [3.8, 4) is 0 Å². The van der Waals surface area contributed by atoms with Crippen molar-refractivity contribution < 1.29 is 4.11 Å². The first-order valence-electron chi connectivity index (χ1n) is 3.67. The van der Waals surface area contributed by atoms with E-state index in [1.165, 1.54) is 0 Å². The lowest BCUT2D eigenvalue weighted by atomic mass is 10.3. The first kappa shape index (κ1) is 3.69. The van der Waals surface area contributed by atoms with Gasteiger partial charge in [0.15, 0.2) is 0 Å². The molecule has 1 nitrogen and oxygen atoms in total. The minimum absolute atomic E-state index is 0.0963. The Kier molecular flexibility index (Phi) is 1.01. The Labute approximate surface area is 67.6 Å². The van der Waals surface area contributed by atoms with Gasteiger partial charge in [0.05, 0.1) is 4.11 Å². The Morgan fingerprint density at radius 3 is 2.11 bits per heavy atom. The normalized spacial score (nSPS) is 14.2. The first-order chi connectivity index (χ1) is 5.46. The number of hydrogen-bond donors (Lipinski definition) is 1. The fourth-order valence-electron chi connectivity index (χ4n) is 0.427. The van der Waals surface area contributed by atoms with Crippen molar-refractivity contribution in [1.82, 2.24) is 0 Å². The number of nitrogen functional groups attached to an aromatic ring is 1. The number of hydrogen-bond acceptors (Lipinski definition) is 1.